The fraction of sp³-hybridized carbons (Fsp3) is 0.185. The van der Waals surface area contributed by atoms with Gasteiger partial charge in [-0.05, 0) is 41.8 Å². The molecular formula is C27H22BrF3N6O2. The van der Waals surface area contributed by atoms with Gasteiger partial charge >= 0.3 is 6.18 Å². The molecule has 0 radical (unpaired) electrons. The maximum atomic E-state index is 13.9. The molecule has 5 rings (SSSR count). The van der Waals surface area contributed by atoms with Gasteiger partial charge in [-0.15, -0.1) is 0 Å². The van der Waals surface area contributed by atoms with E-state index < -0.39 is 17.8 Å². The van der Waals surface area contributed by atoms with Crippen LogP contribution in [0.5, 0.6) is 5.75 Å². The van der Waals surface area contributed by atoms with Crippen molar-refractivity contribution in [2.75, 3.05) is 5.32 Å². The molecule has 0 saturated carbocycles. The molecule has 3 heterocycles. The highest BCUT2D eigenvalue weighted by atomic mass is 79.9. The molecule has 1 amide bonds. The van der Waals surface area contributed by atoms with Crippen LogP contribution in [0.4, 0.5) is 18.9 Å². The predicted molar refractivity (Wildman–Crippen MR) is 142 cm³/mol. The van der Waals surface area contributed by atoms with Gasteiger partial charge in [-0.25, -0.2) is 14.2 Å². The van der Waals surface area contributed by atoms with Crippen LogP contribution < -0.4 is 10.1 Å². The lowest BCUT2D eigenvalue weighted by Crippen LogP contribution is -2.15. The molecule has 0 atom stereocenters. The van der Waals surface area contributed by atoms with Crippen LogP contribution in [0.25, 0.3) is 16.9 Å². The van der Waals surface area contributed by atoms with Crippen LogP contribution in [-0.2, 0) is 12.9 Å². The first-order valence-corrected chi connectivity index (χ1v) is 12.7. The molecule has 5 aromatic rings. The number of hydrogen-bond donors (Lipinski definition) is 1. The van der Waals surface area contributed by atoms with Gasteiger partial charge in [-0.2, -0.15) is 23.4 Å². The Balaban J connectivity index is 1.37. The number of nitrogens with one attached hydrogen (secondary N) is 1. The molecule has 0 aliphatic heterocycles. The van der Waals surface area contributed by atoms with E-state index in [1.807, 2.05) is 38.1 Å². The second kappa shape index (κ2) is 10.5. The lowest BCUT2D eigenvalue weighted by atomic mass is 10.0. The van der Waals surface area contributed by atoms with Crippen LogP contribution in [0.3, 0.4) is 0 Å². The molecule has 1 N–H and O–H groups in total. The molecule has 39 heavy (non-hydrogen) atoms. The molecule has 0 fully saturated rings. The maximum absolute atomic E-state index is 13.9. The number of halogens is 4. The second-order valence-electron chi connectivity index (χ2n) is 9.05. The number of alkyl halides is 3. The number of nitrogens with zero attached hydrogens (tertiary/aromatic N) is 5. The fourth-order valence-electron chi connectivity index (χ4n) is 3.84. The van der Waals surface area contributed by atoms with E-state index in [2.05, 4.69) is 36.4 Å². The summed E-state index contributed by atoms with van der Waals surface area (Å²) >= 11 is 3.35. The quantitative estimate of drug-likeness (QED) is 0.223. The van der Waals surface area contributed by atoms with Gasteiger partial charge in [0.1, 0.15) is 5.75 Å². The first kappa shape index (κ1) is 26.4. The van der Waals surface area contributed by atoms with Crippen molar-refractivity contribution in [3.63, 3.8) is 0 Å². The fourth-order valence-corrected chi connectivity index (χ4v) is 4.10. The number of aromatic nitrogens is 5. The van der Waals surface area contributed by atoms with Crippen molar-refractivity contribution in [3.05, 3.63) is 94.5 Å². The minimum absolute atomic E-state index is 0.0889. The minimum atomic E-state index is -4.72. The number of benzene rings is 2. The molecule has 0 bridgehead atoms. The molecular weight excluding hydrogens is 577 g/mol. The summed E-state index contributed by atoms with van der Waals surface area (Å²) in [7, 11) is 0. The lowest BCUT2D eigenvalue weighted by molar-refractivity contribution is -0.142. The highest BCUT2D eigenvalue weighted by Crippen LogP contribution is 2.33. The summed E-state index contributed by atoms with van der Waals surface area (Å²) in [5.41, 5.74) is 0.679. The highest BCUT2D eigenvalue weighted by Gasteiger charge is 2.35. The van der Waals surface area contributed by atoms with Gasteiger partial charge in [0.15, 0.2) is 23.8 Å². The van der Waals surface area contributed by atoms with Crippen molar-refractivity contribution < 1.29 is 22.7 Å². The van der Waals surface area contributed by atoms with E-state index in [0.717, 1.165) is 16.1 Å². The van der Waals surface area contributed by atoms with Gasteiger partial charge in [0.05, 0.1) is 23.8 Å². The summed E-state index contributed by atoms with van der Waals surface area (Å²) in [6.45, 7) is 4.15. The first-order chi connectivity index (χ1) is 18.6. The van der Waals surface area contributed by atoms with Gasteiger partial charge in [-0.3, -0.25) is 4.79 Å². The van der Waals surface area contributed by atoms with Crippen molar-refractivity contribution in [3.8, 4) is 17.0 Å². The molecule has 200 valence electrons. The average molecular weight is 599 g/mol. The van der Waals surface area contributed by atoms with E-state index in [1.165, 1.54) is 23.1 Å². The summed E-state index contributed by atoms with van der Waals surface area (Å²) in [6, 6.07) is 16.6. The molecule has 2 aromatic carbocycles. The number of carbonyl (C=O) groups excluding carboxylic acids is 1. The molecule has 0 aliphatic carbocycles. The smallest absolute Gasteiger partial charge is 0.433 e. The molecule has 3 aromatic heterocycles. The van der Waals surface area contributed by atoms with E-state index in [1.54, 1.807) is 24.3 Å². The number of hydrogen-bond acceptors (Lipinski definition) is 5. The number of ether oxygens (including phenoxy) is 1. The molecule has 0 saturated heterocycles. The largest absolute Gasteiger partial charge is 0.471 e. The van der Waals surface area contributed by atoms with E-state index in [-0.39, 0.29) is 29.7 Å². The van der Waals surface area contributed by atoms with Crippen LogP contribution >= 0.6 is 15.9 Å². The van der Waals surface area contributed by atoms with Crippen LogP contribution in [-0.4, -0.2) is 30.3 Å². The van der Waals surface area contributed by atoms with E-state index >= 15 is 0 Å². The Bertz CT molecular complexity index is 1630. The van der Waals surface area contributed by atoms with Gasteiger partial charge in [-0.1, -0.05) is 54.0 Å². The Morgan fingerprint density at radius 3 is 2.46 bits per heavy atom. The van der Waals surface area contributed by atoms with Gasteiger partial charge < -0.3 is 10.1 Å². The van der Waals surface area contributed by atoms with Crippen LogP contribution in [0.1, 0.15) is 41.5 Å². The summed E-state index contributed by atoms with van der Waals surface area (Å²) in [6.07, 6.45) is -1.79. The summed E-state index contributed by atoms with van der Waals surface area (Å²) in [4.78, 5) is 17.2. The molecule has 12 heteroatoms. The SMILES string of the molecule is CC(C)c1ccc(-c2cc(C(F)(F)F)n3nc(C(=O)Nc4cnn(COc5ccc(Br)cc5)c4)cc3n2)cc1. The Labute approximate surface area is 229 Å². The Morgan fingerprint density at radius 2 is 1.79 bits per heavy atom. The molecule has 8 nitrogen and oxygen atoms in total. The maximum Gasteiger partial charge on any atom is 0.433 e. The zero-order valence-corrected chi connectivity index (χ0v) is 22.4. The number of anilines is 1. The zero-order valence-electron chi connectivity index (χ0n) is 20.8. The van der Waals surface area contributed by atoms with Gasteiger partial charge in [0.2, 0.25) is 0 Å². The van der Waals surface area contributed by atoms with Crippen molar-refractivity contribution in [2.24, 2.45) is 0 Å². The Morgan fingerprint density at radius 1 is 1.08 bits per heavy atom. The van der Waals surface area contributed by atoms with Crippen molar-refractivity contribution in [2.45, 2.75) is 32.7 Å². The second-order valence-corrected chi connectivity index (χ2v) is 9.97. The topological polar surface area (TPSA) is 86.3 Å². The number of amides is 1. The van der Waals surface area contributed by atoms with Crippen LogP contribution in [0.2, 0.25) is 0 Å². The predicted octanol–water partition coefficient (Wildman–Crippen LogP) is 6.79. The summed E-state index contributed by atoms with van der Waals surface area (Å²) in [5.74, 6) is 0.208. The van der Waals surface area contributed by atoms with Crippen molar-refractivity contribution in [1.29, 1.82) is 0 Å². The summed E-state index contributed by atoms with van der Waals surface area (Å²) < 4.78 is 50.5. The monoisotopic (exact) mass is 598 g/mol. The van der Waals surface area contributed by atoms with E-state index in [0.29, 0.717) is 21.5 Å². The molecule has 0 spiro atoms. The number of fused-ring (bicyclic) bond motifs is 1. The normalized spacial score (nSPS) is 11.8. The van der Waals surface area contributed by atoms with Crippen molar-refractivity contribution in [1.82, 2.24) is 24.4 Å². The third-order valence-corrected chi connectivity index (χ3v) is 6.42. The third kappa shape index (κ3) is 5.95. The van der Waals surface area contributed by atoms with E-state index in [9.17, 15) is 18.0 Å². The van der Waals surface area contributed by atoms with E-state index in [4.69, 9.17) is 4.74 Å². The standard InChI is InChI=1S/C27H22BrF3N6O2/c1-16(2)17-3-5-18(6-4-17)22-11-24(27(29,30)31)37-25(34-22)12-23(35-37)26(38)33-20-13-32-36(14-20)15-39-21-9-7-19(28)8-10-21/h3-14,16H,15H2,1-2H3,(H,33,38). The molecule has 0 unspecified atom stereocenters. The average Bonchev–Trinajstić information content (AvgIpc) is 3.54. The lowest BCUT2D eigenvalue weighted by Gasteiger charge is -2.11. The summed E-state index contributed by atoms with van der Waals surface area (Å²) in [5, 5.41) is 10.6. The van der Waals surface area contributed by atoms with Gasteiger partial charge in [0.25, 0.3) is 5.91 Å². The highest BCUT2D eigenvalue weighted by molar-refractivity contribution is 9.10. The molecule has 0 aliphatic rings. The number of rotatable bonds is 7. The van der Waals surface area contributed by atoms with Crippen molar-refractivity contribution >= 4 is 33.2 Å². The van der Waals surface area contributed by atoms with Gasteiger partial charge in [0, 0.05) is 16.1 Å². The Hall–Kier alpha value is -4.19. The first-order valence-electron chi connectivity index (χ1n) is 11.9. The zero-order chi connectivity index (χ0) is 27.7. The third-order valence-electron chi connectivity index (χ3n) is 5.89. The minimum Gasteiger partial charge on any atom is -0.471 e. The van der Waals surface area contributed by atoms with Crippen LogP contribution in [0.15, 0.2) is 77.5 Å². The Kier molecular flexibility index (Phi) is 7.13. The van der Waals surface area contributed by atoms with Crippen LogP contribution in [0, 0.1) is 0 Å². The number of carbonyl (C=O) groups is 1.